The maximum absolute atomic E-state index is 13.1. The summed E-state index contributed by atoms with van der Waals surface area (Å²) in [6.45, 7) is 4.85. The number of thioether (sulfide) groups is 2. The average molecular weight is 999 g/mol. The van der Waals surface area contributed by atoms with Crippen molar-refractivity contribution in [3.8, 4) is 23.0 Å². The molecular formula is C54H62O14S2. The second kappa shape index (κ2) is 24.5. The van der Waals surface area contributed by atoms with E-state index in [0.717, 1.165) is 45.3 Å². The van der Waals surface area contributed by atoms with Crippen molar-refractivity contribution < 1.29 is 66.7 Å². The summed E-state index contributed by atoms with van der Waals surface area (Å²) in [6.07, 6.45) is -4.39. The predicted octanol–water partition coefficient (Wildman–Crippen LogP) is 8.63. The fourth-order valence-electron chi connectivity index (χ4n) is 8.55. The van der Waals surface area contributed by atoms with Crippen molar-refractivity contribution in [1.82, 2.24) is 0 Å². The van der Waals surface area contributed by atoms with Crippen LogP contribution in [0.4, 0.5) is 0 Å². The Labute approximate surface area is 418 Å². The summed E-state index contributed by atoms with van der Waals surface area (Å²) in [5, 5.41) is 11.3. The van der Waals surface area contributed by atoms with Crippen LogP contribution in [0.1, 0.15) is 46.5 Å². The Hall–Kier alpha value is -4.85. The van der Waals surface area contributed by atoms with Gasteiger partial charge in [0.2, 0.25) is 0 Å². The summed E-state index contributed by atoms with van der Waals surface area (Å²) >= 11 is 2.73. The number of aliphatic hydroxyl groups is 1. The fourth-order valence-corrected chi connectivity index (χ4v) is 11.3. The predicted molar refractivity (Wildman–Crippen MR) is 265 cm³/mol. The van der Waals surface area contributed by atoms with Crippen LogP contribution in [0.5, 0.6) is 23.0 Å². The molecule has 5 aromatic rings. The van der Waals surface area contributed by atoms with Crippen molar-refractivity contribution in [2.24, 2.45) is 0 Å². The number of ether oxygens (including phenoxy) is 12. The first-order valence-electron chi connectivity index (χ1n) is 23.2. The molecule has 3 aliphatic heterocycles. The van der Waals surface area contributed by atoms with Crippen LogP contribution >= 0.6 is 23.5 Å². The van der Waals surface area contributed by atoms with Gasteiger partial charge >= 0.3 is 5.97 Å². The minimum absolute atomic E-state index is 0.0172. The summed E-state index contributed by atoms with van der Waals surface area (Å²) in [7, 11) is 6.53. The van der Waals surface area contributed by atoms with E-state index in [4.69, 9.17) is 56.8 Å². The number of rotatable bonds is 22. The molecule has 14 nitrogen and oxygen atoms in total. The van der Waals surface area contributed by atoms with E-state index in [1.807, 2.05) is 117 Å². The number of hydrogen-bond donors (Lipinski definition) is 1. The van der Waals surface area contributed by atoms with Crippen LogP contribution < -0.4 is 18.9 Å². The van der Waals surface area contributed by atoms with Gasteiger partial charge in [0.1, 0.15) is 77.1 Å². The largest absolute Gasteiger partial charge is 0.497 e. The highest BCUT2D eigenvalue weighted by Gasteiger charge is 2.58. The van der Waals surface area contributed by atoms with Crippen molar-refractivity contribution in [1.29, 1.82) is 0 Å². The highest BCUT2D eigenvalue weighted by molar-refractivity contribution is 8.00. The number of aliphatic hydroxyl groups excluding tert-OH is 1. The molecule has 1 N–H and O–H groups in total. The van der Waals surface area contributed by atoms with E-state index in [1.165, 1.54) is 23.5 Å². The van der Waals surface area contributed by atoms with Crippen molar-refractivity contribution in [2.45, 2.75) is 104 Å². The monoisotopic (exact) mass is 998 g/mol. The van der Waals surface area contributed by atoms with Crippen LogP contribution in [-0.2, 0) is 64.3 Å². The first kappa shape index (κ1) is 51.5. The lowest BCUT2D eigenvalue weighted by Crippen LogP contribution is -2.61. The van der Waals surface area contributed by atoms with Gasteiger partial charge in [-0.2, -0.15) is 0 Å². The van der Waals surface area contributed by atoms with Gasteiger partial charge in [0.05, 0.1) is 77.5 Å². The van der Waals surface area contributed by atoms with Gasteiger partial charge in [-0.05, 0) is 96.8 Å². The Morgan fingerprint density at radius 3 is 1.49 bits per heavy atom. The molecule has 3 heterocycles. The van der Waals surface area contributed by atoms with E-state index in [-0.39, 0.29) is 38.3 Å². The Kier molecular flexibility index (Phi) is 18.0. The molecule has 0 unspecified atom stereocenters. The molecule has 3 fully saturated rings. The summed E-state index contributed by atoms with van der Waals surface area (Å²) in [5.74, 6) is 1.43. The zero-order valence-corrected chi connectivity index (χ0v) is 41.8. The molecule has 0 amide bonds. The summed E-state index contributed by atoms with van der Waals surface area (Å²) < 4.78 is 75.4. The van der Waals surface area contributed by atoms with Gasteiger partial charge in [-0.15, -0.1) is 23.5 Å². The molecule has 0 radical (unpaired) electrons. The highest BCUT2D eigenvalue weighted by Crippen LogP contribution is 2.47. The Morgan fingerprint density at radius 1 is 0.529 bits per heavy atom. The lowest BCUT2D eigenvalue weighted by Gasteiger charge is -2.48. The Morgan fingerprint density at radius 2 is 0.986 bits per heavy atom. The van der Waals surface area contributed by atoms with E-state index in [9.17, 15) is 9.90 Å². The van der Waals surface area contributed by atoms with Crippen molar-refractivity contribution >= 4 is 29.5 Å². The summed E-state index contributed by atoms with van der Waals surface area (Å²) in [5.41, 5.74) is 2.25. The highest BCUT2D eigenvalue weighted by atomic mass is 32.2. The van der Waals surface area contributed by atoms with Crippen molar-refractivity contribution in [2.75, 3.05) is 41.7 Å². The molecule has 374 valence electrons. The molecule has 70 heavy (non-hydrogen) atoms. The molecule has 16 heteroatoms. The quantitative estimate of drug-likeness (QED) is 0.0659. The first-order chi connectivity index (χ1) is 34.0. The van der Waals surface area contributed by atoms with Crippen molar-refractivity contribution in [3.05, 3.63) is 155 Å². The number of methoxy groups -OCH3 is 4. The fraction of sp³-hybridized carbons (Fsp3) is 0.426. The van der Waals surface area contributed by atoms with Crippen LogP contribution in [-0.4, -0.2) is 117 Å². The topological polar surface area (TPSA) is 148 Å². The molecule has 0 aromatic heterocycles. The van der Waals surface area contributed by atoms with E-state index >= 15 is 0 Å². The normalized spacial score (nSPS) is 25.9. The second-order valence-electron chi connectivity index (χ2n) is 17.5. The molecule has 0 saturated carbocycles. The van der Waals surface area contributed by atoms with Crippen LogP contribution in [0.15, 0.2) is 127 Å². The minimum atomic E-state index is -1.12. The van der Waals surface area contributed by atoms with Gasteiger partial charge in [-0.3, -0.25) is 0 Å². The maximum atomic E-state index is 13.1. The first-order valence-corrected chi connectivity index (χ1v) is 25.1. The number of carbonyl (C=O) groups excluding carboxylic acids is 1. The average Bonchev–Trinajstić information content (AvgIpc) is 3.73. The smallest absolute Gasteiger partial charge is 0.338 e. The van der Waals surface area contributed by atoms with Crippen molar-refractivity contribution in [3.63, 3.8) is 0 Å². The lowest BCUT2D eigenvalue weighted by atomic mass is 10.0. The third-order valence-corrected chi connectivity index (χ3v) is 14.9. The lowest BCUT2D eigenvalue weighted by molar-refractivity contribution is -0.206. The van der Waals surface area contributed by atoms with Gasteiger partial charge in [0.15, 0.2) is 5.79 Å². The standard InChI is InChI=1S/C54H62O14S2/c1-54(2)67-46-44(33-65-51(55)38-10-8-7-9-11-38)69-52(56)49(48(46)68-54)66-53-50(64-31-37-18-26-42(60-6)27-19-37)47(63-30-36-16-24-41(59-5)25-17-36)45(62-29-35-14-22-40(58-4)23-15-35)43(70-53)32-61-28-34-12-20-39(57-3)21-13-34/h7-27,43-50,52-53,56H,28-33H2,1-6H3/t43-,44-,45-,46-,47+,48+,49-,50-,52+,53+/m1/s1. The molecule has 5 aromatic carbocycles. The summed E-state index contributed by atoms with van der Waals surface area (Å²) in [6, 6.07) is 39.7. The molecule has 0 aliphatic carbocycles. The summed E-state index contributed by atoms with van der Waals surface area (Å²) in [4.78, 5) is 13.1. The molecule has 10 atom stereocenters. The van der Waals surface area contributed by atoms with Gasteiger partial charge < -0.3 is 61.9 Å². The number of benzene rings is 5. The minimum Gasteiger partial charge on any atom is -0.497 e. The van der Waals surface area contributed by atoms with E-state index in [2.05, 4.69) is 0 Å². The van der Waals surface area contributed by atoms with Gasteiger partial charge in [0.25, 0.3) is 0 Å². The van der Waals surface area contributed by atoms with Gasteiger partial charge in [-0.25, -0.2) is 4.79 Å². The number of fused-ring (bicyclic) bond motifs is 1. The van der Waals surface area contributed by atoms with Gasteiger partial charge in [0, 0.05) is 0 Å². The zero-order valence-electron chi connectivity index (χ0n) is 40.2. The Bertz CT molecular complexity index is 2370. The number of hydrogen-bond acceptors (Lipinski definition) is 16. The zero-order chi connectivity index (χ0) is 49.0. The molecule has 0 bridgehead atoms. The van der Waals surface area contributed by atoms with E-state index in [0.29, 0.717) is 12.2 Å². The van der Waals surface area contributed by atoms with E-state index < -0.39 is 64.5 Å². The van der Waals surface area contributed by atoms with Crippen LogP contribution in [0.25, 0.3) is 0 Å². The third kappa shape index (κ3) is 13.4. The molecule has 0 spiro atoms. The van der Waals surface area contributed by atoms with Gasteiger partial charge in [-0.1, -0.05) is 66.7 Å². The second-order valence-corrected chi connectivity index (χ2v) is 20.2. The molecule has 8 rings (SSSR count). The molecular weight excluding hydrogens is 937 g/mol. The Balaban J connectivity index is 1.12. The van der Waals surface area contributed by atoms with Crippen LogP contribution in [0, 0.1) is 0 Å². The maximum Gasteiger partial charge on any atom is 0.338 e. The third-order valence-electron chi connectivity index (χ3n) is 12.2. The van der Waals surface area contributed by atoms with E-state index in [1.54, 1.807) is 52.7 Å². The van der Waals surface area contributed by atoms with Crippen LogP contribution in [0.2, 0.25) is 0 Å². The molecule has 3 aliphatic rings. The molecule has 3 saturated heterocycles. The van der Waals surface area contributed by atoms with Crippen LogP contribution in [0.3, 0.4) is 0 Å². The number of esters is 1. The SMILES string of the molecule is COc1ccc(COC[C@H]2S[C@H](O[C@@H]3[C@H]4OC(C)(C)O[C@@H]4[C@@H](COC(=O)c4ccccc4)S[C@@H]3O)[C@H](OCc3ccc(OC)cc3)[C@@H](OCc3ccc(OC)cc3)[C@@H]2OCc2ccc(OC)cc2)cc1. The number of carbonyl (C=O) groups is 1.